The first kappa shape index (κ1) is 15.6. The average Bonchev–Trinajstić information content (AvgIpc) is 2.94. The molecule has 0 saturated heterocycles. The molecule has 0 bridgehead atoms. The van der Waals surface area contributed by atoms with Crippen molar-refractivity contribution < 1.29 is 4.79 Å². The van der Waals surface area contributed by atoms with Gasteiger partial charge in [0.15, 0.2) is 0 Å². The Balaban J connectivity index is 2.07. The Morgan fingerprint density at radius 3 is 2.95 bits per heavy atom. The van der Waals surface area contributed by atoms with Crippen LogP contribution in [0.3, 0.4) is 0 Å². The summed E-state index contributed by atoms with van der Waals surface area (Å²) in [6.07, 6.45) is 0. The standard InChI is InChI=1S/C16H15ClN2OS/c1-11(14-6-2-3-7-15(14)17)19-16(20)12-9-13(21-10-12)5-4-8-18/h2-3,6-7,9-11H,8,18H2,1H3,(H,19,20). The van der Waals surface area contributed by atoms with Gasteiger partial charge in [-0.2, -0.15) is 0 Å². The third kappa shape index (κ3) is 4.08. The largest absolute Gasteiger partial charge is 0.345 e. The zero-order chi connectivity index (χ0) is 15.2. The van der Waals surface area contributed by atoms with Crippen LogP contribution in [0.2, 0.25) is 5.02 Å². The molecule has 1 aromatic heterocycles. The monoisotopic (exact) mass is 318 g/mol. The topological polar surface area (TPSA) is 55.1 Å². The number of benzene rings is 1. The molecule has 0 aliphatic rings. The third-order valence-electron chi connectivity index (χ3n) is 2.89. The van der Waals surface area contributed by atoms with Crippen molar-refractivity contribution in [1.29, 1.82) is 0 Å². The van der Waals surface area contributed by atoms with E-state index in [4.69, 9.17) is 17.3 Å². The highest BCUT2D eigenvalue weighted by Crippen LogP contribution is 2.23. The normalized spacial score (nSPS) is 11.4. The molecule has 1 heterocycles. The first-order chi connectivity index (χ1) is 10.1. The van der Waals surface area contributed by atoms with Gasteiger partial charge in [0.2, 0.25) is 0 Å². The first-order valence-electron chi connectivity index (χ1n) is 6.44. The number of halogens is 1. The van der Waals surface area contributed by atoms with Gasteiger partial charge in [-0.15, -0.1) is 11.3 Å². The third-order valence-corrected chi connectivity index (χ3v) is 4.08. The number of carbonyl (C=O) groups excluding carboxylic acids is 1. The summed E-state index contributed by atoms with van der Waals surface area (Å²) < 4.78 is 0. The van der Waals surface area contributed by atoms with Crippen LogP contribution in [0.15, 0.2) is 35.7 Å². The molecule has 0 spiro atoms. The van der Waals surface area contributed by atoms with Gasteiger partial charge in [0.1, 0.15) is 0 Å². The maximum atomic E-state index is 12.2. The molecule has 2 aromatic rings. The van der Waals surface area contributed by atoms with E-state index in [0.717, 1.165) is 10.4 Å². The van der Waals surface area contributed by atoms with Crippen LogP contribution in [0, 0.1) is 11.8 Å². The Morgan fingerprint density at radius 2 is 2.24 bits per heavy atom. The molecule has 21 heavy (non-hydrogen) atoms. The minimum Gasteiger partial charge on any atom is -0.345 e. The smallest absolute Gasteiger partial charge is 0.252 e. The van der Waals surface area contributed by atoms with E-state index < -0.39 is 0 Å². The number of hydrogen-bond acceptors (Lipinski definition) is 3. The van der Waals surface area contributed by atoms with Crippen molar-refractivity contribution in [3.63, 3.8) is 0 Å². The second-order valence-electron chi connectivity index (χ2n) is 4.42. The van der Waals surface area contributed by atoms with Crippen LogP contribution in [0.5, 0.6) is 0 Å². The lowest BCUT2D eigenvalue weighted by atomic mass is 10.1. The van der Waals surface area contributed by atoms with Gasteiger partial charge in [-0.25, -0.2) is 0 Å². The zero-order valence-corrected chi connectivity index (χ0v) is 13.1. The Hall–Kier alpha value is -1.80. The molecule has 0 radical (unpaired) electrons. The van der Waals surface area contributed by atoms with E-state index in [9.17, 15) is 4.79 Å². The van der Waals surface area contributed by atoms with E-state index in [1.54, 1.807) is 11.4 Å². The van der Waals surface area contributed by atoms with E-state index in [1.165, 1.54) is 11.3 Å². The second-order valence-corrected chi connectivity index (χ2v) is 5.74. The predicted molar refractivity (Wildman–Crippen MR) is 87.6 cm³/mol. The molecule has 2 rings (SSSR count). The SMILES string of the molecule is CC(NC(=O)c1csc(C#CCN)c1)c1ccccc1Cl. The van der Waals surface area contributed by atoms with Gasteiger partial charge in [-0.1, -0.05) is 41.6 Å². The number of carbonyl (C=O) groups is 1. The van der Waals surface area contributed by atoms with Crippen molar-refractivity contribution in [2.45, 2.75) is 13.0 Å². The molecule has 0 saturated carbocycles. The van der Waals surface area contributed by atoms with Crippen molar-refractivity contribution in [3.05, 3.63) is 56.7 Å². The molecule has 108 valence electrons. The number of amides is 1. The fourth-order valence-electron chi connectivity index (χ4n) is 1.84. The van der Waals surface area contributed by atoms with Crippen LogP contribution in [0.25, 0.3) is 0 Å². The van der Waals surface area contributed by atoms with E-state index in [-0.39, 0.29) is 11.9 Å². The quantitative estimate of drug-likeness (QED) is 0.854. The molecule has 0 fully saturated rings. The number of nitrogens with one attached hydrogen (secondary N) is 1. The minimum absolute atomic E-state index is 0.139. The van der Waals surface area contributed by atoms with Crippen molar-refractivity contribution in [3.8, 4) is 11.8 Å². The molecular formula is C16H15ClN2OS. The highest BCUT2D eigenvalue weighted by Gasteiger charge is 2.14. The summed E-state index contributed by atoms with van der Waals surface area (Å²) in [6.45, 7) is 2.21. The molecule has 1 aromatic carbocycles. The maximum absolute atomic E-state index is 12.2. The minimum atomic E-state index is -0.162. The Kier molecular flexibility index (Phi) is 5.40. The van der Waals surface area contributed by atoms with Crippen molar-refractivity contribution in [1.82, 2.24) is 5.32 Å². The lowest BCUT2D eigenvalue weighted by Gasteiger charge is -2.15. The number of hydrogen-bond donors (Lipinski definition) is 2. The van der Waals surface area contributed by atoms with Crippen LogP contribution < -0.4 is 11.1 Å². The lowest BCUT2D eigenvalue weighted by Crippen LogP contribution is -2.26. The van der Waals surface area contributed by atoms with Crippen molar-refractivity contribution >= 4 is 28.8 Å². The Morgan fingerprint density at radius 1 is 1.48 bits per heavy atom. The number of rotatable bonds is 3. The van der Waals surface area contributed by atoms with Crippen LogP contribution in [-0.2, 0) is 0 Å². The molecule has 1 amide bonds. The summed E-state index contributed by atoms with van der Waals surface area (Å²) in [4.78, 5) is 13.0. The maximum Gasteiger partial charge on any atom is 0.252 e. The summed E-state index contributed by atoms with van der Waals surface area (Å²) >= 11 is 7.56. The van der Waals surface area contributed by atoms with E-state index in [1.807, 2.05) is 31.2 Å². The van der Waals surface area contributed by atoms with Crippen LogP contribution >= 0.6 is 22.9 Å². The fourth-order valence-corrected chi connectivity index (χ4v) is 2.90. The van der Waals surface area contributed by atoms with Crippen LogP contribution in [0.1, 0.15) is 33.8 Å². The summed E-state index contributed by atoms with van der Waals surface area (Å²) in [5, 5.41) is 5.36. The van der Waals surface area contributed by atoms with Gasteiger partial charge < -0.3 is 11.1 Å². The molecule has 0 aliphatic heterocycles. The zero-order valence-electron chi connectivity index (χ0n) is 11.5. The fraction of sp³-hybridized carbons (Fsp3) is 0.188. The van der Waals surface area contributed by atoms with Crippen LogP contribution in [-0.4, -0.2) is 12.5 Å². The molecule has 0 aliphatic carbocycles. The summed E-state index contributed by atoms with van der Waals surface area (Å²) in [5.74, 6) is 5.55. The van der Waals surface area contributed by atoms with Crippen molar-refractivity contribution in [2.24, 2.45) is 5.73 Å². The highest BCUT2D eigenvalue weighted by molar-refractivity contribution is 7.10. The van der Waals surface area contributed by atoms with Crippen LogP contribution in [0.4, 0.5) is 0 Å². The Labute approximate surface area is 133 Å². The lowest BCUT2D eigenvalue weighted by molar-refractivity contribution is 0.0940. The van der Waals surface area contributed by atoms with Crippen molar-refractivity contribution in [2.75, 3.05) is 6.54 Å². The summed E-state index contributed by atoms with van der Waals surface area (Å²) in [6, 6.07) is 9.08. The average molecular weight is 319 g/mol. The van der Waals surface area contributed by atoms with Gasteiger partial charge in [0.25, 0.3) is 5.91 Å². The summed E-state index contributed by atoms with van der Waals surface area (Å²) in [7, 11) is 0. The molecule has 1 unspecified atom stereocenters. The first-order valence-corrected chi connectivity index (χ1v) is 7.70. The van der Waals surface area contributed by atoms with E-state index >= 15 is 0 Å². The van der Waals surface area contributed by atoms with Gasteiger partial charge in [-0.3, -0.25) is 4.79 Å². The van der Waals surface area contributed by atoms with Gasteiger partial charge in [0.05, 0.1) is 23.0 Å². The number of thiophene rings is 1. The van der Waals surface area contributed by atoms with Gasteiger partial charge >= 0.3 is 0 Å². The van der Waals surface area contributed by atoms with Gasteiger partial charge in [0, 0.05) is 10.4 Å². The molecular weight excluding hydrogens is 304 g/mol. The molecule has 1 atom stereocenters. The molecule has 3 nitrogen and oxygen atoms in total. The Bertz CT molecular complexity index is 700. The second kappa shape index (κ2) is 7.28. The predicted octanol–water partition coefficient (Wildman–Crippen LogP) is 3.20. The number of nitrogens with two attached hydrogens (primary N) is 1. The van der Waals surface area contributed by atoms with Gasteiger partial charge in [-0.05, 0) is 24.6 Å². The van der Waals surface area contributed by atoms with E-state index in [0.29, 0.717) is 17.1 Å². The summed E-state index contributed by atoms with van der Waals surface area (Å²) in [5.41, 5.74) is 6.82. The molecule has 5 heteroatoms. The highest BCUT2D eigenvalue weighted by atomic mass is 35.5. The van der Waals surface area contributed by atoms with E-state index in [2.05, 4.69) is 17.2 Å². The molecule has 3 N–H and O–H groups in total.